The first-order valence-corrected chi connectivity index (χ1v) is 6.12. The summed E-state index contributed by atoms with van der Waals surface area (Å²) in [5, 5.41) is 2.92. The van der Waals surface area contributed by atoms with Gasteiger partial charge in [0.15, 0.2) is 0 Å². The van der Waals surface area contributed by atoms with Crippen molar-refractivity contribution in [3.05, 3.63) is 54.1 Å². The summed E-state index contributed by atoms with van der Waals surface area (Å²) in [4.78, 5) is 18.5. The number of nitrogens with one attached hydrogen (secondary N) is 2. The van der Waals surface area contributed by atoms with Crippen molar-refractivity contribution >= 4 is 5.91 Å². The van der Waals surface area contributed by atoms with E-state index in [4.69, 9.17) is 0 Å². The fourth-order valence-corrected chi connectivity index (χ4v) is 1.75. The molecular formula is C14H17N3O. The fraction of sp³-hybridized carbons (Fsp3) is 0.286. The van der Waals surface area contributed by atoms with E-state index < -0.39 is 0 Å². The molecule has 0 fully saturated rings. The second-order valence-electron chi connectivity index (χ2n) is 4.16. The van der Waals surface area contributed by atoms with Gasteiger partial charge in [-0.15, -0.1) is 0 Å². The van der Waals surface area contributed by atoms with Crippen LogP contribution in [-0.4, -0.2) is 22.4 Å². The third-order valence-electron chi connectivity index (χ3n) is 2.75. The molecule has 1 aromatic heterocycles. The van der Waals surface area contributed by atoms with E-state index in [0.717, 1.165) is 12.1 Å². The Balaban J connectivity index is 1.63. The molecule has 0 atom stereocenters. The Morgan fingerprint density at radius 2 is 2.06 bits per heavy atom. The molecule has 1 amide bonds. The molecule has 0 radical (unpaired) electrons. The normalized spacial score (nSPS) is 10.2. The summed E-state index contributed by atoms with van der Waals surface area (Å²) < 4.78 is 0. The summed E-state index contributed by atoms with van der Waals surface area (Å²) in [5.41, 5.74) is 2.24. The average Bonchev–Trinajstić information content (AvgIpc) is 2.91. The fourth-order valence-electron chi connectivity index (χ4n) is 1.75. The quantitative estimate of drug-likeness (QED) is 0.811. The van der Waals surface area contributed by atoms with Crippen LogP contribution in [-0.2, 0) is 17.6 Å². The van der Waals surface area contributed by atoms with Crippen molar-refractivity contribution in [2.45, 2.75) is 19.3 Å². The van der Waals surface area contributed by atoms with Crippen LogP contribution in [0.5, 0.6) is 0 Å². The first-order valence-electron chi connectivity index (χ1n) is 6.12. The van der Waals surface area contributed by atoms with Crippen molar-refractivity contribution in [3.8, 4) is 0 Å². The minimum Gasteiger partial charge on any atom is -0.356 e. The molecule has 4 heteroatoms. The zero-order valence-electron chi connectivity index (χ0n) is 10.2. The van der Waals surface area contributed by atoms with Crippen LogP contribution in [0.1, 0.15) is 17.7 Å². The van der Waals surface area contributed by atoms with E-state index in [1.807, 2.05) is 18.2 Å². The highest BCUT2D eigenvalue weighted by atomic mass is 16.1. The zero-order valence-corrected chi connectivity index (χ0v) is 10.2. The molecule has 0 saturated carbocycles. The van der Waals surface area contributed by atoms with Crippen molar-refractivity contribution in [2.24, 2.45) is 0 Å². The lowest BCUT2D eigenvalue weighted by atomic mass is 10.1. The Morgan fingerprint density at radius 1 is 1.22 bits per heavy atom. The van der Waals surface area contributed by atoms with Crippen LogP contribution < -0.4 is 5.32 Å². The van der Waals surface area contributed by atoms with Crippen molar-refractivity contribution in [1.82, 2.24) is 15.3 Å². The largest absolute Gasteiger partial charge is 0.356 e. The molecule has 1 aromatic carbocycles. The van der Waals surface area contributed by atoms with Crippen LogP contribution in [0.15, 0.2) is 42.9 Å². The lowest BCUT2D eigenvalue weighted by Gasteiger charge is -2.04. The molecule has 0 aliphatic carbocycles. The zero-order chi connectivity index (χ0) is 12.6. The van der Waals surface area contributed by atoms with Crippen molar-refractivity contribution in [2.75, 3.05) is 6.54 Å². The molecular weight excluding hydrogens is 226 g/mol. The summed E-state index contributed by atoms with van der Waals surface area (Å²) in [7, 11) is 0. The summed E-state index contributed by atoms with van der Waals surface area (Å²) in [6, 6.07) is 10.1. The van der Waals surface area contributed by atoms with Crippen LogP contribution >= 0.6 is 0 Å². The second-order valence-corrected chi connectivity index (χ2v) is 4.16. The van der Waals surface area contributed by atoms with E-state index in [2.05, 4.69) is 27.4 Å². The second kappa shape index (κ2) is 6.59. The van der Waals surface area contributed by atoms with Gasteiger partial charge < -0.3 is 10.3 Å². The Labute approximate surface area is 106 Å². The Kier molecular flexibility index (Phi) is 4.53. The topological polar surface area (TPSA) is 57.8 Å². The molecule has 0 unspecified atom stereocenters. The molecule has 18 heavy (non-hydrogen) atoms. The molecule has 0 spiro atoms. The first-order chi connectivity index (χ1) is 8.84. The summed E-state index contributed by atoms with van der Waals surface area (Å²) in [6.45, 7) is 0.686. The van der Waals surface area contributed by atoms with E-state index in [1.54, 1.807) is 12.5 Å². The van der Waals surface area contributed by atoms with Gasteiger partial charge in [-0.25, -0.2) is 4.98 Å². The smallest absolute Gasteiger partial charge is 0.220 e. The van der Waals surface area contributed by atoms with Gasteiger partial charge in [0.2, 0.25) is 5.91 Å². The van der Waals surface area contributed by atoms with Gasteiger partial charge in [-0.2, -0.15) is 0 Å². The number of carbonyl (C=O) groups is 1. The van der Waals surface area contributed by atoms with E-state index in [9.17, 15) is 4.79 Å². The van der Waals surface area contributed by atoms with Gasteiger partial charge in [0.05, 0.1) is 6.33 Å². The SMILES string of the molecule is O=C(CCc1cnc[nH]1)NCCc1ccccc1. The number of aromatic amines is 1. The number of nitrogens with zero attached hydrogens (tertiary/aromatic N) is 1. The molecule has 0 saturated heterocycles. The summed E-state index contributed by atoms with van der Waals surface area (Å²) >= 11 is 0. The van der Waals surface area contributed by atoms with Crippen LogP contribution in [0.2, 0.25) is 0 Å². The standard InChI is InChI=1S/C14H17N3O/c18-14(7-6-13-10-15-11-17-13)16-9-8-12-4-2-1-3-5-12/h1-5,10-11H,6-9H2,(H,15,17)(H,16,18). The van der Waals surface area contributed by atoms with Crippen molar-refractivity contribution in [3.63, 3.8) is 0 Å². The molecule has 2 aromatic rings. The third kappa shape index (κ3) is 4.05. The molecule has 94 valence electrons. The van der Waals surface area contributed by atoms with Crippen LogP contribution in [0.3, 0.4) is 0 Å². The summed E-state index contributed by atoms with van der Waals surface area (Å²) in [6.07, 6.45) is 5.45. The van der Waals surface area contributed by atoms with Crippen molar-refractivity contribution < 1.29 is 4.79 Å². The molecule has 4 nitrogen and oxygen atoms in total. The number of rotatable bonds is 6. The third-order valence-corrected chi connectivity index (χ3v) is 2.75. The number of imidazole rings is 1. The van der Waals surface area contributed by atoms with Crippen LogP contribution in [0.25, 0.3) is 0 Å². The van der Waals surface area contributed by atoms with Gasteiger partial charge in [0.25, 0.3) is 0 Å². The number of hydrogen-bond donors (Lipinski definition) is 2. The maximum atomic E-state index is 11.6. The van der Waals surface area contributed by atoms with Gasteiger partial charge in [0.1, 0.15) is 0 Å². The highest BCUT2D eigenvalue weighted by molar-refractivity contribution is 5.76. The van der Waals surface area contributed by atoms with Gasteiger partial charge in [-0.1, -0.05) is 30.3 Å². The number of benzene rings is 1. The maximum absolute atomic E-state index is 11.6. The maximum Gasteiger partial charge on any atom is 0.220 e. The number of carbonyl (C=O) groups excluding carboxylic acids is 1. The molecule has 2 N–H and O–H groups in total. The van der Waals surface area contributed by atoms with E-state index in [-0.39, 0.29) is 5.91 Å². The highest BCUT2D eigenvalue weighted by Crippen LogP contribution is 1.99. The molecule has 0 aliphatic rings. The van der Waals surface area contributed by atoms with E-state index in [1.165, 1.54) is 5.56 Å². The predicted molar refractivity (Wildman–Crippen MR) is 70.1 cm³/mol. The minimum absolute atomic E-state index is 0.0838. The Hall–Kier alpha value is -2.10. The highest BCUT2D eigenvalue weighted by Gasteiger charge is 2.02. The number of aryl methyl sites for hydroxylation is 1. The monoisotopic (exact) mass is 243 g/mol. The number of hydrogen-bond acceptors (Lipinski definition) is 2. The molecule has 2 rings (SSSR count). The first kappa shape index (κ1) is 12.4. The minimum atomic E-state index is 0.0838. The number of aromatic nitrogens is 2. The van der Waals surface area contributed by atoms with Crippen LogP contribution in [0.4, 0.5) is 0 Å². The van der Waals surface area contributed by atoms with Gasteiger partial charge in [0, 0.05) is 24.9 Å². The number of amides is 1. The van der Waals surface area contributed by atoms with Crippen molar-refractivity contribution in [1.29, 1.82) is 0 Å². The van der Waals surface area contributed by atoms with Gasteiger partial charge in [-0.05, 0) is 18.4 Å². The Bertz CT molecular complexity index is 465. The number of H-pyrrole nitrogens is 1. The van der Waals surface area contributed by atoms with Gasteiger partial charge in [-0.3, -0.25) is 4.79 Å². The molecule has 0 aliphatic heterocycles. The van der Waals surface area contributed by atoms with E-state index in [0.29, 0.717) is 19.4 Å². The van der Waals surface area contributed by atoms with Crippen LogP contribution in [0, 0.1) is 0 Å². The van der Waals surface area contributed by atoms with E-state index >= 15 is 0 Å². The molecule has 1 heterocycles. The predicted octanol–water partition coefficient (Wildman–Crippen LogP) is 1.70. The molecule has 0 bridgehead atoms. The lowest BCUT2D eigenvalue weighted by Crippen LogP contribution is -2.25. The average molecular weight is 243 g/mol. The van der Waals surface area contributed by atoms with Gasteiger partial charge >= 0.3 is 0 Å². The Morgan fingerprint density at radius 3 is 2.78 bits per heavy atom. The lowest BCUT2D eigenvalue weighted by molar-refractivity contribution is -0.121. The summed E-state index contributed by atoms with van der Waals surface area (Å²) in [5.74, 6) is 0.0838.